The Morgan fingerprint density at radius 3 is 2.86 bits per heavy atom. The molecule has 0 fully saturated rings. The van der Waals surface area contributed by atoms with Crippen molar-refractivity contribution in [1.29, 1.82) is 0 Å². The van der Waals surface area contributed by atoms with Crippen LogP contribution in [0.15, 0.2) is 41.1 Å². The number of hydrogen-bond donors (Lipinski definition) is 1. The molecule has 3 rings (SSSR count). The molecule has 21 heavy (non-hydrogen) atoms. The van der Waals surface area contributed by atoms with E-state index in [9.17, 15) is 5.11 Å². The molecular weight excluding hydrogens is 270 g/mol. The van der Waals surface area contributed by atoms with Gasteiger partial charge in [-0.3, -0.25) is 4.98 Å². The highest BCUT2D eigenvalue weighted by molar-refractivity contribution is 5.66. The molecule has 1 N–H and O–H groups in total. The number of phenols is 1. The van der Waals surface area contributed by atoms with Crippen LogP contribution < -0.4 is 4.74 Å². The molecule has 6 nitrogen and oxygen atoms in total. The van der Waals surface area contributed by atoms with E-state index >= 15 is 0 Å². The van der Waals surface area contributed by atoms with Gasteiger partial charge in [0, 0.05) is 6.20 Å². The van der Waals surface area contributed by atoms with Crippen molar-refractivity contribution in [3.8, 4) is 34.5 Å². The highest BCUT2D eigenvalue weighted by Gasteiger charge is 2.16. The van der Waals surface area contributed by atoms with E-state index in [2.05, 4.69) is 15.1 Å². The summed E-state index contributed by atoms with van der Waals surface area (Å²) in [7, 11) is 1.55. The smallest absolute Gasteiger partial charge is 0.262 e. The second-order valence-electron chi connectivity index (χ2n) is 4.48. The zero-order valence-corrected chi connectivity index (χ0v) is 11.6. The van der Waals surface area contributed by atoms with Gasteiger partial charge in [-0.25, -0.2) is 0 Å². The van der Waals surface area contributed by atoms with Gasteiger partial charge in [-0.1, -0.05) is 11.2 Å². The van der Waals surface area contributed by atoms with E-state index < -0.39 is 0 Å². The number of aromatic hydroxyl groups is 1. The minimum atomic E-state index is 0.0451. The predicted molar refractivity (Wildman–Crippen MR) is 75.9 cm³/mol. The molecule has 1 aromatic carbocycles. The van der Waals surface area contributed by atoms with Gasteiger partial charge in [-0.15, -0.1) is 0 Å². The van der Waals surface area contributed by atoms with E-state index in [-0.39, 0.29) is 11.6 Å². The van der Waals surface area contributed by atoms with Gasteiger partial charge in [0.05, 0.1) is 12.7 Å². The number of aryl methyl sites for hydroxylation is 1. The quantitative estimate of drug-likeness (QED) is 0.796. The van der Waals surface area contributed by atoms with Crippen LogP contribution in [0.3, 0.4) is 0 Å². The first-order valence-electron chi connectivity index (χ1n) is 6.32. The molecule has 0 aliphatic rings. The van der Waals surface area contributed by atoms with Crippen LogP contribution >= 0.6 is 0 Å². The van der Waals surface area contributed by atoms with Crippen molar-refractivity contribution in [3.05, 3.63) is 42.1 Å². The van der Waals surface area contributed by atoms with E-state index in [4.69, 9.17) is 9.26 Å². The Hall–Kier alpha value is -2.89. The van der Waals surface area contributed by atoms with E-state index in [1.54, 1.807) is 25.4 Å². The number of aromatic nitrogens is 3. The van der Waals surface area contributed by atoms with E-state index in [1.807, 2.05) is 19.1 Å². The van der Waals surface area contributed by atoms with Gasteiger partial charge in [0.1, 0.15) is 17.2 Å². The third-order valence-corrected chi connectivity index (χ3v) is 3.08. The Balaban J connectivity index is 2.05. The molecule has 6 heteroatoms. The molecule has 2 heterocycles. The maximum atomic E-state index is 9.92. The number of hydrogen-bond acceptors (Lipinski definition) is 6. The Labute approximate surface area is 121 Å². The third-order valence-electron chi connectivity index (χ3n) is 3.08. The second-order valence-corrected chi connectivity index (χ2v) is 4.48. The molecule has 3 aromatic rings. The van der Waals surface area contributed by atoms with Crippen LogP contribution in [0, 0.1) is 6.92 Å². The number of phenolic OH excluding ortho intramolecular Hbond substituents is 1. The highest BCUT2D eigenvalue weighted by atomic mass is 16.5. The highest BCUT2D eigenvalue weighted by Crippen LogP contribution is 2.32. The average molecular weight is 283 g/mol. The van der Waals surface area contributed by atoms with E-state index in [0.717, 1.165) is 5.56 Å². The number of pyridine rings is 1. The number of benzene rings is 1. The molecule has 0 unspecified atom stereocenters. The molecule has 0 bridgehead atoms. The summed E-state index contributed by atoms with van der Waals surface area (Å²) in [5.74, 6) is 1.23. The summed E-state index contributed by atoms with van der Waals surface area (Å²) in [6.45, 7) is 1.92. The maximum absolute atomic E-state index is 9.92. The molecule has 0 saturated heterocycles. The van der Waals surface area contributed by atoms with Gasteiger partial charge in [0.15, 0.2) is 0 Å². The molecular formula is C15H13N3O3. The van der Waals surface area contributed by atoms with Crippen LogP contribution in [0.2, 0.25) is 0 Å². The zero-order valence-electron chi connectivity index (χ0n) is 11.6. The standard InChI is InChI=1S/C15H13N3O3/c1-9-4-3-7-16-13(9)14-17-15(21-18-14)11-8-10(20-2)5-6-12(11)19/h3-8,19H,1-2H3. The van der Waals surface area contributed by atoms with Crippen LogP contribution in [0.4, 0.5) is 0 Å². The van der Waals surface area contributed by atoms with Crippen LogP contribution in [0.25, 0.3) is 23.0 Å². The van der Waals surface area contributed by atoms with Crippen molar-refractivity contribution >= 4 is 0 Å². The largest absolute Gasteiger partial charge is 0.507 e. The predicted octanol–water partition coefficient (Wildman–Crippen LogP) is 2.82. The van der Waals surface area contributed by atoms with Gasteiger partial charge in [0.2, 0.25) is 5.82 Å². The normalized spacial score (nSPS) is 10.6. The van der Waals surface area contributed by atoms with Gasteiger partial charge >= 0.3 is 0 Å². The van der Waals surface area contributed by atoms with Crippen molar-refractivity contribution in [2.24, 2.45) is 0 Å². The lowest BCUT2D eigenvalue weighted by Crippen LogP contribution is -1.89. The van der Waals surface area contributed by atoms with Gasteiger partial charge in [-0.2, -0.15) is 4.98 Å². The van der Waals surface area contributed by atoms with Crippen molar-refractivity contribution in [3.63, 3.8) is 0 Å². The first-order valence-corrected chi connectivity index (χ1v) is 6.32. The minimum absolute atomic E-state index is 0.0451. The van der Waals surface area contributed by atoms with Crippen LogP contribution in [0.5, 0.6) is 11.5 Å². The van der Waals surface area contributed by atoms with Crippen LogP contribution in [0.1, 0.15) is 5.56 Å². The summed E-state index contributed by atoms with van der Waals surface area (Å²) in [5, 5.41) is 13.8. The van der Waals surface area contributed by atoms with Crippen molar-refractivity contribution in [1.82, 2.24) is 15.1 Å². The van der Waals surface area contributed by atoms with E-state index in [1.165, 1.54) is 6.07 Å². The van der Waals surface area contributed by atoms with Crippen molar-refractivity contribution in [2.75, 3.05) is 7.11 Å². The Kier molecular flexibility index (Phi) is 3.27. The molecule has 106 valence electrons. The minimum Gasteiger partial charge on any atom is -0.507 e. The molecule has 0 saturated carbocycles. The summed E-state index contributed by atoms with van der Waals surface area (Å²) < 4.78 is 10.4. The topological polar surface area (TPSA) is 81.3 Å². The SMILES string of the molecule is COc1ccc(O)c(-c2nc(-c3ncccc3C)no2)c1. The monoisotopic (exact) mass is 283 g/mol. The molecule has 2 aromatic heterocycles. The second kappa shape index (κ2) is 5.24. The summed E-state index contributed by atoms with van der Waals surface area (Å²) >= 11 is 0. The fraction of sp³-hybridized carbons (Fsp3) is 0.133. The third kappa shape index (κ3) is 2.43. The Bertz CT molecular complexity index is 783. The van der Waals surface area contributed by atoms with Crippen LogP contribution in [-0.2, 0) is 0 Å². The molecule has 0 atom stereocenters. The Morgan fingerprint density at radius 2 is 2.10 bits per heavy atom. The summed E-state index contributed by atoms with van der Waals surface area (Å²) in [5.41, 5.74) is 2.01. The number of methoxy groups -OCH3 is 1. The van der Waals surface area contributed by atoms with Crippen molar-refractivity contribution in [2.45, 2.75) is 6.92 Å². The lowest BCUT2D eigenvalue weighted by atomic mass is 10.2. The molecule has 0 aliphatic heterocycles. The van der Waals surface area contributed by atoms with E-state index in [0.29, 0.717) is 22.8 Å². The van der Waals surface area contributed by atoms with Gasteiger partial charge < -0.3 is 14.4 Å². The van der Waals surface area contributed by atoms with Gasteiger partial charge in [-0.05, 0) is 36.8 Å². The molecule has 0 aliphatic carbocycles. The molecule has 0 radical (unpaired) electrons. The first-order chi connectivity index (χ1) is 10.2. The average Bonchev–Trinajstić information content (AvgIpc) is 2.97. The lowest BCUT2D eigenvalue weighted by molar-refractivity contribution is 0.408. The number of nitrogens with zero attached hydrogens (tertiary/aromatic N) is 3. The summed E-state index contributed by atoms with van der Waals surface area (Å²) in [6.07, 6.45) is 1.67. The fourth-order valence-corrected chi connectivity index (χ4v) is 1.96. The summed E-state index contributed by atoms with van der Waals surface area (Å²) in [4.78, 5) is 8.53. The fourth-order valence-electron chi connectivity index (χ4n) is 1.96. The van der Waals surface area contributed by atoms with Crippen LogP contribution in [-0.4, -0.2) is 27.3 Å². The van der Waals surface area contributed by atoms with Gasteiger partial charge in [0.25, 0.3) is 5.89 Å². The lowest BCUT2D eigenvalue weighted by Gasteiger charge is -2.03. The molecule has 0 amide bonds. The molecule has 0 spiro atoms. The number of ether oxygens (including phenoxy) is 1. The number of rotatable bonds is 3. The van der Waals surface area contributed by atoms with Crippen molar-refractivity contribution < 1.29 is 14.4 Å². The summed E-state index contributed by atoms with van der Waals surface area (Å²) in [6, 6.07) is 8.57. The maximum Gasteiger partial charge on any atom is 0.262 e. The Morgan fingerprint density at radius 1 is 1.24 bits per heavy atom. The zero-order chi connectivity index (χ0) is 14.8. The first kappa shape index (κ1) is 13.1.